The highest BCUT2D eigenvalue weighted by Crippen LogP contribution is 2.32. The monoisotopic (exact) mass is 353 g/mol. The standard InChI is InChI=1S/C21H27N3O2/c1-15(2)16-5-7-17(8-6-16)21-18(9-10-19(22-21)26-4)24-12-11-20(25)23(3)13-14-24/h5-10,15H,11-14H2,1-4H3. The fourth-order valence-electron chi connectivity index (χ4n) is 3.21. The van der Waals surface area contributed by atoms with Gasteiger partial charge in [0.15, 0.2) is 0 Å². The zero-order valence-electron chi connectivity index (χ0n) is 16.0. The van der Waals surface area contributed by atoms with Gasteiger partial charge in [-0.25, -0.2) is 4.98 Å². The van der Waals surface area contributed by atoms with Crippen LogP contribution >= 0.6 is 0 Å². The van der Waals surface area contributed by atoms with Crippen molar-refractivity contribution >= 4 is 11.6 Å². The molecule has 0 N–H and O–H groups in total. The fourth-order valence-corrected chi connectivity index (χ4v) is 3.21. The maximum absolute atomic E-state index is 12.0. The molecule has 5 nitrogen and oxygen atoms in total. The summed E-state index contributed by atoms with van der Waals surface area (Å²) in [7, 11) is 3.50. The Kier molecular flexibility index (Phi) is 5.45. The van der Waals surface area contributed by atoms with Crippen LogP contribution < -0.4 is 9.64 Å². The Morgan fingerprint density at radius 3 is 2.42 bits per heavy atom. The van der Waals surface area contributed by atoms with E-state index >= 15 is 0 Å². The Morgan fingerprint density at radius 2 is 1.77 bits per heavy atom. The molecule has 0 radical (unpaired) electrons. The van der Waals surface area contributed by atoms with Gasteiger partial charge in [0, 0.05) is 44.7 Å². The maximum Gasteiger partial charge on any atom is 0.224 e. The van der Waals surface area contributed by atoms with E-state index in [0.717, 1.165) is 30.0 Å². The van der Waals surface area contributed by atoms with Crippen molar-refractivity contribution in [2.45, 2.75) is 26.2 Å². The van der Waals surface area contributed by atoms with Crippen LogP contribution in [0, 0.1) is 0 Å². The molecule has 1 aromatic heterocycles. The van der Waals surface area contributed by atoms with E-state index in [0.29, 0.717) is 24.8 Å². The van der Waals surface area contributed by atoms with Gasteiger partial charge in [-0.1, -0.05) is 38.1 Å². The summed E-state index contributed by atoms with van der Waals surface area (Å²) in [6.07, 6.45) is 0.522. The van der Waals surface area contributed by atoms with Gasteiger partial charge in [-0.3, -0.25) is 4.79 Å². The number of benzene rings is 1. The summed E-state index contributed by atoms with van der Waals surface area (Å²) in [4.78, 5) is 20.8. The molecule has 26 heavy (non-hydrogen) atoms. The number of amides is 1. The Balaban J connectivity index is 1.99. The Hall–Kier alpha value is -2.56. The normalized spacial score (nSPS) is 15.3. The molecule has 3 rings (SSSR count). The van der Waals surface area contributed by atoms with Crippen molar-refractivity contribution in [1.82, 2.24) is 9.88 Å². The first kappa shape index (κ1) is 18.2. The SMILES string of the molecule is COc1ccc(N2CCC(=O)N(C)CC2)c(-c2ccc(C(C)C)cc2)n1. The summed E-state index contributed by atoms with van der Waals surface area (Å²) in [5, 5.41) is 0. The molecule has 1 saturated heterocycles. The van der Waals surface area contributed by atoms with Crippen molar-refractivity contribution in [2.24, 2.45) is 0 Å². The molecule has 1 aromatic carbocycles. The molecule has 1 aliphatic heterocycles. The lowest BCUT2D eigenvalue weighted by molar-refractivity contribution is -0.129. The smallest absolute Gasteiger partial charge is 0.224 e. The van der Waals surface area contributed by atoms with Crippen molar-refractivity contribution in [3.8, 4) is 17.1 Å². The van der Waals surface area contributed by atoms with Crippen LogP contribution in [0.4, 0.5) is 5.69 Å². The lowest BCUT2D eigenvalue weighted by Gasteiger charge is -2.25. The number of ether oxygens (including phenoxy) is 1. The summed E-state index contributed by atoms with van der Waals surface area (Å²) in [6, 6.07) is 12.5. The first-order valence-electron chi connectivity index (χ1n) is 9.14. The molecule has 0 unspecified atom stereocenters. The van der Waals surface area contributed by atoms with E-state index < -0.39 is 0 Å². The largest absolute Gasteiger partial charge is 0.481 e. The second kappa shape index (κ2) is 7.77. The van der Waals surface area contributed by atoms with Crippen LogP contribution in [-0.2, 0) is 4.79 Å². The molecule has 0 aliphatic carbocycles. The number of methoxy groups -OCH3 is 1. The van der Waals surface area contributed by atoms with Crippen LogP contribution in [0.5, 0.6) is 5.88 Å². The topological polar surface area (TPSA) is 45.7 Å². The van der Waals surface area contributed by atoms with Crippen molar-refractivity contribution in [2.75, 3.05) is 38.7 Å². The first-order chi connectivity index (χ1) is 12.5. The predicted molar refractivity (Wildman–Crippen MR) is 105 cm³/mol. The summed E-state index contributed by atoms with van der Waals surface area (Å²) >= 11 is 0. The molecular weight excluding hydrogens is 326 g/mol. The van der Waals surface area contributed by atoms with E-state index in [1.165, 1.54) is 5.56 Å². The number of aromatic nitrogens is 1. The minimum atomic E-state index is 0.191. The van der Waals surface area contributed by atoms with Crippen molar-refractivity contribution < 1.29 is 9.53 Å². The summed E-state index contributed by atoms with van der Waals surface area (Å²) in [5.74, 6) is 1.28. The zero-order valence-corrected chi connectivity index (χ0v) is 16.0. The Labute approximate surface area is 155 Å². The minimum absolute atomic E-state index is 0.191. The molecule has 2 aromatic rings. The van der Waals surface area contributed by atoms with Gasteiger partial charge in [0.05, 0.1) is 18.5 Å². The van der Waals surface area contributed by atoms with Crippen molar-refractivity contribution in [3.63, 3.8) is 0 Å². The van der Waals surface area contributed by atoms with Crippen LogP contribution in [0.3, 0.4) is 0 Å². The highest BCUT2D eigenvalue weighted by molar-refractivity contribution is 5.79. The van der Waals surface area contributed by atoms with Gasteiger partial charge in [-0.05, 0) is 17.5 Å². The van der Waals surface area contributed by atoms with Crippen LogP contribution in [0.1, 0.15) is 31.7 Å². The van der Waals surface area contributed by atoms with Crippen LogP contribution in [0.15, 0.2) is 36.4 Å². The third-order valence-corrected chi connectivity index (χ3v) is 4.98. The van der Waals surface area contributed by atoms with E-state index in [2.05, 4.69) is 43.0 Å². The third kappa shape index (κ3) is 3.82. The number of hydrogen-bond acceptors (Lipinski definition) is 4. The summed E-state index contributed by atoms with van der Waals surface area (Å²) in [6.45, 7) is 6.60. The second-order valence-corrected chi connectivity index (χ2v) is 7.05. The van der Waals surface area contributed by atoms with Gasteiger partial charge in [0.25, 0.3) is 0 Å². The van der Waals surface area contributed by atoms with Gasteiger partial charge in [-0.2, -0.15) is 0 Å². The number of likely N-dealkylation sites (N-methyl/N-ethyl adjacent to an activating group) is 1. The predicted octanol–water partition coefficient (Wildman–Crippen LogP) is 3.55. The highest BCUT2D eigenvalue weighted by atomic mass is 16.5. The first-order valence-corrected chi connectivity index (χ1v) is 9.14. The molecular formula is C21H27N3O2. The van der Waals surface area contributed by atoms with Gasteiger partial charge >= 0.3 is 0 Å². The number of nitrogens with zero attached hydrogens (tertiary/aromatic N) is 3. The number of carbonyl (C=O) groups is 1. The fraction of sp³-hybridized carbons (Fsp3) is 0.429. The lowest BCUT2D eigenvalue weighted by Crippen LogP contribution is -2.30. The van der Waals surface area contributed by atoms with Crippen LogP contribution in [0.2, 0.25) is 0 Å². The summed E-state index contributed by atoms with van der Waals surface area (Å²) < 4.78 is 5.35. The van der Waals surface area contributed by atoms with Gasteiger partial charge in [0.1, 0.15) is 0 Å². The van der Waals surface area contributed by atoms with Crippen LogP contribution in [0.25, 0.3) is 11.3 Å². The maximum atomic E-state index is 12.0. The van der Waals surface area contributed by atoms with E-state index in [-0.39, 0.29) is 5.91 Å². The Morgan fingerprint density at radius 1 is 1.04 bits per heavy atom. The number of pyridine rings is 1. The van der Waals surface area contributed by atoms with Gasteiger partial charge in [0.2, 0.25) is 11.8 Å². The quantitative estimate of drug-likeness (QED) is 0.843. The summed E-state index contributed by atoms with van der Waals surface area (Å²) in [5.41, 5.74) is 4.32. The molecule has 2 heterocycles. The van der Waals surface area contributed by atoms with E-state index in [1.807, 2.05) is 19.2 Å². The minimum Gasteiger partial charge on any atom is -0.481 e. The lowest BCUT2D eigenvalue weighted by atomic mass is 10.00. The molecule has 0 spiro atoms. The number of carbonyl (C=O) groups excluding carboxylic acids is 1. The second-order valence-electron chi connectivity index (χ2n) is 7.05. The average molecular weight is 353 g/mol. The van der Waals surface area contributed by atoms with Crippen molar-refractivity contribution in [1.29, 1.82) is 0 Å². The average Bonchev–Trinajstić information content (AvgIpc) is 2.83. The zero-order chi connectivity index (χ0) is 18.7. The van der Waals surface area contributed by atoms with E-state index in [9.17, 15) is 4.79 Å². The molecule has 1 amide bonds. The molecule has 0 atom stereocenters. The number of rotatable bonds is 4. The number of hydrogen-bond donors (Lipinski definition) is 0. The molecule has 0 bridgehead atoms. The van der Waals surface area contributed by atoms with Crippen molar-refractivity contribution in [3.05, 3.63) is 42.0 Å². The van der Waals surface area contributed by atoms with Crippen LogP contribution in [-0.4, -0.2) is 49.6 Å². The molecule has 1 aliphatic rings. The molecule has 5 heteroatoms. The number of anilines is 1. The molecule has 0 saturated carbocycles. The van der Waals surface area contributed by atoms with E-state index in [4.69, 9.17) is 9.72 Å². The third-order valence-electron chi connectivity index (χ3n) is 4.98. The van der Waals surface area contributed by atoms with E-state index in [1.54, 1.807) is 12.0 Å². The van der Waals surface area contributed by atoms with Gasteiger partial charge in [-0.15, -0.1) is 0 Å². The Bertz CT molecular complexity index is 771. The van der Waals surface area contributed by atoms with Gasteiger partial charge < -0.3 is 14.5 Å². The molecule has 138 valence electrons. The molecule has 1 fully saturated rings. The highest BCUT2D eigenvalue weighted by Gasteiger charge is 2.21.